The molecule has 0 aliphatic rings. The predicted molar refractivity (Wildman–Crippen MR) is 96.9 cm³/mol. The predicted octanol–water partition coefficient (Wildman–Crippen LogP) is 4.40. The average molecular weight is 401 g/mol. The van der Waals surface area contributed by atoms with Crippen LogP contribution in [0.5, 0.6) is 0 Å². The average Bonchev–Trinajstić information content (AvgIpc) is 2.95. The first-order chi connectivity index (χ1) is 12.0. The summed E-state index contributed by atoms with van der Waals surface area (Å²) in [7, 11) is 0. The quantitative estimate of drug-likeness (QED) is 0.593. The number of pyridine rings is 1. The van der Waals surface area contributed by atoms with E-state index in [1.54, 1.807) is 0 Å². The van der Waals surface area contributed by atoms with Gasteiger partial charge >= 0.3 is 5.97 Å². The number of rotatable bonds is 5. The van der Waals surface area contributed by atoms with Gasteiger partial charge in [-0.2, -0.15) is 0 Å². The molecule has 6 heteroatoms. The van der Waals surface area contributed by atoms with Crippen molar-refractivity contribution in [2.75, 3.05) is 0 Å². The Morgan fingerprint density at radius 3 is 2.64 bits per heavy atom. The number of hydrogen-bond donors (Lipinski definition) is 0. The molecule has 0 radical (unpaired) electrons. The van der Waals surface area contributed by atoms with E-state index in [2.05, 4.69) is 26.1 Å². The Kier molecular flexibility index (Phi) is 5.28. The van der Waals surface area contributed by atoms with Crippen molar-refractivity contribution in [2.45, 2.75) is 26.9 Å². The second kappa shape index (κ2) is 7.61. The van der Waals surface area contributed by atoms with Crippen LogP contribution in [0.15, 0.2) is 51.5 Å². The molecule has 0 saturated carbocycles. The number of aromatic nitrogens is 2. The number of benzene rings is 1. The highest BCUT2D eigenvalue weighted by Crippen LogP contribution is 2.28. The Bertz CT molecular complexity index is 888. The molecule has 2 heterocycles. The first-order valence-corrected chi connectivity index (χ1v) is 8.61. The smallest absolute Gasteiger partial charge is 0.310 e. The van der Waals surface area contributed by atoms with E-state index in [0.29, 0.717) is 11.5 Å². The third-order valence-electron chi connectivity index (χ3n) is 3.74. The molecule has 0 N–H and O–H groups in total. The highest BCUT2D eigenvalue weighted by molar-refractivity contribution is 9.10. The first-order valence-electron chi connectivity index (χ1n) is 7.82. The Morgan fingerprint density at radius 2 is 1.92 bits per heavy atom. The summed E-state index contributed by atoms with van der Waals surface area (Å²) in [6.07, 6.45) is 0.104. The van der Waals surface area contributed by atoms with Crippen LogP contribution in [0.1, 0.15) is 22.6 Å². The van der Waals surface area contributed by atoms with Gasteiger partial charge in [0.05, 0.1) is 17.8 Å². The van der Waals surface area contributed by atoms with Crippen molar-refractivity contribution in [1.82, 2.24) is 10.1 Å². The summed E-state index contributed by atoms with van der Waals surface area (Å²) in [5.41, 5.74) is 3.91. The zero-order valence-corrected chi connectivity index (χ0v) is 15.5. The van der Waals surface area contributed by atoms with Crippen LogP contribution >= 0.6 is 15.9 Å². The molecule has 5 nitrogen and oxygen atoms in total. The molecule has 3 rings (SSSR count). The number of halogens is 1. The van der Waals surface area contributed by atoms with Crippen molar-refractivity contribution in [3.63, 3.8) is 0 Å². The fourth-order valence-corrected chi connectivity index (χ4v) is 2.72. The van der Waals surface area contributed by atoms with E-state index >= 15 is 0 Å². The fraction of sp³-hybridized carbons (Fsp3) is 0.211. The number of nitrogens with zero attached hydrogens (tertiary/aromatic N) is 2. The molecule has 0 amide bonds. The molecular weight excluding hydrogens is 384 g/mol. The highest BCUT2D eigenvalue weighted by Gasteiger charge is 2.19. The van der Waals surface area contributed by atoms with Crippen molar-refractivity contribution in [1.29, 1.82) is 0 Å². The molecule has 0 spiro atoms. The first kappa shape index (κ1) is 17.4. The maximum atomic E-state index is 12.2. The Labute approximate surface area is 154 Å². The van der Waals surface area contributed by atoms with E-state index in [9.17, 15) is 4.79 Å². The Morgan fingerprint density at radius 1 is 1.16 bits per heavy atom. The van der Waals surface area contributed by atoms with Crippen molar-refractivity contribution in [3.8, 4) is 11.3 Å². The summed E-state index contributed by atoms with van der Waals surface area (Å²) in [5.74, 6) is 0.253. The summed E-state index contributed by atoms with van der Waals surface area (Å²) in [6.45, 7) is 3.87. The van der Waals surface area contributed by atoms with Gasteiger partial charge in [-0.25, -0.2) is 0 Å². The molecule has 128 valence electrons. The molecule has 0 atom stereocenters. The SMILES string of the molecule is Cc1cccc(COC(=O)Cc2c(C)noc2-c2ccc(Br)cc2)n1. The minimum Gasteiger partial charge on any atom is -0.459 e. The summed E-state index contributed by atoms with van der Waals surface area (Å²) < 4.78 is 11.7. The third-order valence-corrected chi connectivity index (χ3v) is 4.27. The van der Waals surface area contributed by atoms with Gasteiger partial charge in [0.15, 0.2) is 5.76 Å². The van der Waals surface area contributed by atoms with E-state index in [1.807, 2.05) is 56.3 Å². The van der Waals surface area contributed by atoms with Crippen molar-refractivity contribution in [2.24, 2.45) is 0 Å². The summed E-state index contributed by atoms with van der Waals surface area (Å²) in [4.78, 5) is 16.6. The zero-order valence-electron chi connectivity index (χ0n) is 14.0. The van der Waals surface area contributed by atoms with Crippen LogP contribution in [0.25, 0.3) is 11.3 Å². The van der Waals surface area contributed by atoms with Crippen LogP contribution in [0, 0.1) is 13.8 Å². The van der Waals surface area contributed by atoms with Gasteiger partial charge in [-0.05, 0) is 38.1 Å². The maximum absolute atomic E-state index is 12.2. The van der Waals surface area contributed by atoms with Gasteiger partial charge in [-0.1, -0.05) is 39.3 Å². The van der Waals surface area contributed by atoms with E-state index in [-0.39, 0.29) is 19.0 Å². The lowest BCUT2D eigenvalue weighted by Gasteiger charge is -2.06. The Balaban J connectivity index is 1.71. The summed E-state index contributed by atoms with van der Waals surface area (Å²) in [6, 6.07) is 13.3. The third kappa shape index (κ3) is 4.33. The van der Waals surface area contributed by atoms with Gasteiger partial charge in [0.1, 0.15) is 6.61 Å². The van der Waals surface area contributed by atoms with Crippen LogP contribution in [-0.4, -0.2) is 16.1 Å². The largest absolute Gasteiger partial charge is 0.459 e. The van der Waals surface area contributed by atoms with Crippen LogP contribution in [-0.2, 0) is 22.6 Å². The fourth-order valence-electron chi connectivity index (χ4n) is 2.45. The number of carbonyl (C=O) groups excluding carboxylic acids is 1. The lowest BCUT2D eigenvalue weighted by atomic mass is 10.0. The normalized spacial score (nSPS) is 10.7. The lowest BCUT2D eigenvalue weighted by Crippen LogP contribution is -2.10. The van der Waals surface area contributed by atoms with Crippen molar-refractivity contribution < 1.29 is 14.1 Å². The van der Waals surface area contributed by atoms with E-state index < -0.39 is 0 Å². The Hall–Kier alpha value is -2.47. The lowest BCUT2D eigenvalue weighted by molar-refractivity contribution is -0.144. The van der Waals surface area contributed by atoms with Gasteiger partial charge in [-0.15, -0.1) is 0 Å². The topological polar surface area (TPSA) is 65.2 Å². The van der Waals surface area contributed by atoms with E-state index in [4.69, 9.17) is 9.26 Å². The molecule has 0 fully saturated rings. The molecule has 0 aliphatic carbocycles. The van der Waals surface area contributed by atoms with Crippen LogP contribution in [0.4, 0.5) is 0 Å². The molecule has 1 aromatic carbocycles. The van der Waals surface area contributed by atoms with Crippen LogP contribution in [0.2, 0.25) is 0 Å². The number of carbonyl (C=O) groups is 1. The van der Waals surface area contributed by atoms with Gasteiger partial charge in [0, 0.05) is 21.3 Å². The molecule has 3 aromatic rings. The van der Waals surface area contributed by atoms with Crippen LogP contribution < -0.4 is 0 Å². The van der Waals surface area contributed by atoms with E-state index in [0.717, 1.165) is 27.0 Å². The van der Waals surface area contributed by atoms with Gasteiger partial charge < -0.3 is 9.26 Å². The maximum Gasteiger partial charge on any atom is 0.310 e. The van der Waals surface area contributed by atoms with Gasteiger partial charge in [0.2, 0.25) is 0 Å². The zero-order chi connectivity index (χ0) is 17.8. The molecule has 0 saturated heterocycles. The number of ether oxygens (including phenoxy) is 1. The minimum absolute atomic E-state index is 0.104. The van der Waals surface area contributed by atoms with Crippen molar-refractivity contribution in [3.05, 3.63) is 69.6 Å². The molecular formula is C19H17BrN2O3. The second-order valence-corrected chi connectivity index (χ2v) is 6.61. The number of aryl methyl sites for hydroxylation is 2. The number of esters is 1. The van der Waals surface area contributed by atoms with Gasteiger partial charge in [0.25, 0.3) is 0 Å². The summed E-state index contributed by atoms with van der Waals surface area (Å²) >= 11 is 3.40. The highest BCUT2D eigenvalue weighted by atomic mass is 79.9. The monoisotopic (exact) mass is 400 g/mol. The summed E-state index contributed by atoms with van der Waals surface area (Å²) in [5, 5.41) is 3.99. The second-order valence-electron chi connectivity index (χ2n) is 5.69. The van der Waals surface area contributed by atoms with E-state index in [1.165, 1.54) is 0 Å². The molecule has 0 unspecified atom stereocenters. The van der Waals surface area contributed by atoms with Crippen molar-refractivity contribution >= 4 is 21.9 Å². The molecule has 2 aromatic heterocycles. The van der Waals surface area contributed by atoms with Gasteiger partial charge in [-0.3, -0.25) is 9.78 Å². The molecule has 25 heavy (non-hydrogen) atoms. The number of hydrogen-bond acceptors (Lipinski definition) is 5. The minimum atomic E-state index is -0.340. The molecule has 0 bridgehead atoms. The van der Waals surface area contributed by atoms with Crippen LogP contribution in [0.3, 0.4) is 0 Å². The molecule has 0 aliphatic heterocycles. The standard InChI is InChI=1S/C19H17BrN2O3/c1-12-4-3-5-16(21-12)11-24-18(23)10-17-13(2)22-25-19(17)14-6-8-15(20)9-7-14/h3-9H,10-11H2,1-2H3.